The second kappa shape index (κ2) is 12.0. The summed E-state index contributed by atoms with van der Waals surface area (Å²) in [6.45, 7) is 3.91. The van der Waals surface area contributed by atoms with E-state index in [9.17, 15) is 4.79 Å². The maximum absolute atomic E-state index is 12.3. The third-order valence-corrected chi connectivity index (χ3v) is 5.22. The lowest BCUT2D eigenvalue weighted by Crippen LogP contribution is -2.42. The first-order chi connectivity index (χ1) is 14.0. The Morgan fingerprint density at radius 2 is 1.83 bits per heavy atom. The summed E-state index contributed by atoms with van der Waals surface area (Å²) in [5.74, 6) is -2.45. The number of pyridine rings is 1. The molecular weight excluding hydrogens is 374 g/mol. The van der Waals surface area contributed by atoms with Crippen molar-refractivity contribution in [1.29, 1.82) is 0 Å². The molecule has 8 heteroatoms. The highest BCUT2D eigenvalue weighted by atomic mass is 16.4. The number of carbonyl (C=O) groups excluding carboxylic acids is 1. The Hall–Kier alpha value is -2.74. The number of nitrogens with zero attached hydrogens (tertiary/aromatic N) is 2. The van der Waals surface area contributed by atoms with Gasteiger partial charge in [0.25, 0.3) is 0 Å². The summed E-state index contributed by atoms with van der Waals surface area (Å²) in [5.41, 5.74) is 1.06. The minimum atomic E-state index is -1.82. The van der Waals surface area contributed by atoms with Crippen LogP contribution in [0.1, 0.15) is 37.7 Å². The number of nitrogens with one attached hydrogen (secondary N) is 1. The van der Waals surface area contributed by atoms with E-state index in [0.717, 1.165) is 37.4 Å². The minimum Gasteiger partial charge on any atom is -0.473 e. The largest absolute Gasteiger partial charge is 0.473 e. The lowest BCUT2D eigenvalue weighted by molar-refractivity contribution is -0.159. The Morgan fingerprint density at radius 1 is 1.10 bits per heavy atom. The number of carboxylic acids is 2. The molecule has 1 atom stereocenters. The zero-order valence-corrected chi connectivity index (χ0v) is 16.5. The number of aromatic nitrogens is 1. The molecule has 2 heterocycles. The van der Waals surface area contributed by atoms with Gasteiger partial charge >= 0.3 is 11.9 Å². The van der Waals surface area contributed by atoms with E-state index in [0.29, 0.717) is 6.54 Å². The molecule has 3 N–H and O–H groups in total. The Kier molecular flexibility index (Phi) is 9.30. The Balaban J connectivity index is 0.000000438. The molecular formula is C21H29N3O5. The third kappa shape index (κ3) is 8.43. The average Bonchev–Trinajstić information content (AvgIpc) is 2.74. The fraction of sp³-hybridized carbons (Fsp3) is 0.524. The number of piperidine rings is 1. The molecule has 1 aliphatic carbocycles. The van der Waals surface area contributed by atoms with Crippen LogP contribution < -0.4 is 5.32 Å². The summed E-state index contributed by atoms with van der Waals surface area (Å²) < 4.78 is 0. The second-order valence-corrected chi connectivity index (χ2v) is 7.41. The summed E-state index contributed by atoms with van der Waals surface area (Å²) >= 11 is 0. The van der Waals surface area contributed by atoms with Crippen molar-refractivity contribution in [3.63, 3.8) is 0 Å². The monoisotopic (exact) mass is 403 g/mol. The number of allylic oxidation sites excluding steroid dienone is 2. The van der Waals surface area contributed by atoms with Gasteiger partial charge < -0.3 is 20.4 Å². The van der Waals surface area contributed by atoms with E-state index in [1.807, 2.05) is 18.3 Å². The van der Waals surface area contributed by atoms with Gasteiger partial charge in [-0.2, -0.15) is 0 Å². The molecule has 1 aliphatic heterocycles. The maximum Gasteiger partial charge on any atom is 0.414 e. The van der Waals surface area contributed by atoms with Crippen LogP contribution in [0.2, 0.25) is 0 Å². The minimum absolute atomic E-state index is 0.175. The molecule has 29 heavy (non-hydrogen) atoms. The lowest BCUT2D eigenvalue weighted by atomic mass is 9.91. The van der Waals surface area contributed by atoms with Crippen LogP contribution in [0.15, 0.2) is 36.7 Å². The molecule has 1 fully saturated rings. The van der Waals surface area contributed by atoms with E-state index in [1.54, 1.807) is 6.20 Å². The fourth-order valence-corrected chi connectivity index (χ4v) is 3.60. The maximum atomic E-state index is 12.3. The summed E-state index contributed by atoms with van der Waals surface area (Å²) in [7, 11) is 0. The van der Waals surface area contributed by atoms with Crippen molar-refractivity contribution < 1.29 is 24.6 Å². The lowest BCUT2D eigenvalue weighted by Gasteiger charge is -2.34. The van der Waals surface area contributed by atoms with Crippen LogP contribution in [0, 0.1) is 11.8 Å². The van der Waals surface area contributed by atoms with E-state index in [1.165, 1.54) is 25.8 Å². The van der Waals surface area contributed by atoms with Crippen molar-refractivity contribution in [2.45, 2.75) is 38.6 Å². The third-order valence-electron chi connectivity index (χ3n) is 5.22. The van der Waals surface area contributed by atoms with Crippen molar-refractivity contribution in [2.24, 2.45) is 11.8 Å². The summed E-state index contributed by atoms with van der Waals surface area (Å²) in [6.07, 6.45) is 13.9. The number of likely N-dealkylation sites (tertiary alicyclic amines) is 1. The quantitative estimate of drug-likeness (QED) is 0.507. The number of carbonyl (C=O) groups is 3. The van der Waals surface area contributed by atoms with Gasteiger partial charge in [0.05, 0.1) is 0 Å². The number of hydrogen-bond acceptors (Lipinski definition) is 5. The summed E-state index contributed by atoms with van der Waals surface area (Å²) in [4.78, 5) is 37.1. The second-order valence-electron chi connectivity index (χ2n) is 7.41. The van der Waals surface area contributed by atoms with Crippen LogP contribution >= 0.6 is 0 Å². The van der Waals surface area contributed by atoms with E-state index in [4.69, 9.17) is 19.8 Å². The van der Waals surface area contributed by atoms with Crippen molar-refractivity contribution in [3.8, 4) is 0 Å². The van der Waals surface area contributed by atoms with Crippen molar-refractivity contribution in [2.75, 3.05) is 19.6 Å². The van der Waals surface area contributed by atoms with Gasteiger partial charge in [-0.05, 0) is 62.7 Å². The average molecular weight is 403 g/mol. The van der Waals surface area contributed by atoms with Crippen molar-refractivity contribution >= 4 is 17.8 Å². The van der Waals surface area contributed by atoms with Crippen LogP contribution in [0.5, 0.6) is 0 Å². The van der Waals surface area contributed by atoms with Gasteiger partial charge in [0.2, 0.25) is 5.91 Å². The smallest absolute Gasteiger partial charge is 0.414 e. The van der Waals surface area contributed by atoms with E-state index < -0.39 is 11.9 Å². The van der Waals surface area contributed by atoms with E-state index >= 15 is 0 Å². The van der Waals surface area contributed by atoms with Crippen LogP contribution in [-0.4, -0.2) is 57.6 Å². The van der Waals surface area contributed by atoms with Crippen LogP contribution in [0.3, 0.4) is 0 Å². The number of aliphatic carboxylic acids is 2. The molecule has 0 spiro atoms. The molecule has 1 saturated heterocycles. The standard InChI is InChI=1S/C19H27N3O.C2H2O4/c23-19(21-14-17-7-4-10-20-13-17)18-8-11-22(12-9-18)15-16-5-2-1-3-6-16;3-1(4)2(5)6/h1-2,4,7,10,13,16,18H,3,5-6,8-9,11-12,14-15H2,(H,21,23);(H,3,4)(H,5,6). The molecule has 0 bridgehead atoms. The molecule has 0 saturated carbocycles. The van der Waals surface area contributed by atoms with Gasteiger partial charge in [-0.15, -0.1) is 0 Å². The predicted octanol–water partition coefficient (Wildman–Crippen LogP) is 1.92. The predicted molar refractivity (Wildman–Crippen MR) is 107 cm³/mol. The molecule has 1 aromatic heterocycles. The zero-order valence-electron chi connectivity index (χ0n) is 16.5. The first-order valence-corrected chi connectivity index (χ1v) is 9.96. The van der Waals surface area contributed by atoms with Gasteiger partial charge in [-0.1, -0.05) is 18.2 Å². The van der Waals surface area contributed by atoms with Gasteiger partial charge in [-0.25, -0.2) is 9.59 Å². The number of amides is 1. The summed E-state index contributed by atoms with van der Waals surface area (Å²) in [6, 6.07) is 3.90. The fourth-order valence-electron chi connectivity index (χ4n) is 3.60. The first kappa shape index (κ1) is 22.5. The molecule has 0 aromatic carbocycles. The van der Waals surface area contributed by atoms with E-state index in [-0.39, 0.29) is 11.8 Å². The molecule has 2 aliphatic rings. The molecule has 3 rings (SSSR count). The van der Waals surface area contributed by atoms with Crippen LogP contribution in [0.25, 0.3) is 0 Å². The Morgan fingerprint density at radius 3 is 2.38 bits per heavy atom. The number of carboxylic acid groups (broad SMARTS) is 2. The van der Waals surface area contributed by atoms with Gasteiger partial charge in [-0.3, -0.25) is 9.78 Å². The molecule has 8 nitrogen and oxygen atoms in total. The van der Waals surface area contributed by atoms with E-state index in [2.05, 4.69) is 27.4 Å². The molecule has 1 aromatic rings. The molecule has 0 radical (unpaired) electrons. The van der Waals surface area contributed by atoms with Crippen LogP contribution in [-0.2, 0) is 20.9 Å². The van der Waals surface area contributed by atoms with Crippen LogP contribution in [0.4, 0.5) is 0 Å². The summed E-state index contributed by atoms with van der Waals surface area (Å²) in [5, 5.41) is 17.8. The Labute approximate surface area is 170 Å². The Bertz CT molecular complexity index is 688. The molecule has 1 unspecified atom stereocenters. The highest BCUT2D eigenvalue weighted by molar-refractivity contribution is 6.27. The topological polar surface area (TPSA) is 120 Å². The van der Waals surface area contributed by atoms with Gasteiger partial charge in [0.15, 0.2) is 0 Å². The van der Waals surface area contributed by atoms with Gasteiger partial charge in [0.1, 0.15) is 0 Å². The zero-order chi connectivity index (χ0) is 21.1. The van der Waals surface area contributed by atoms with Gasteiger partial charge in [0, 0.05) is 31.4 Å². The SMILES string of the molecule is O=C(NCc1cccnc1)C1CCN(CC2CC=CCC2)CC1.O=C(O)C(=O)O. The van der Waals surface area contributed by atoms with Crippen molar-refractivity contribution in [3.05, 3.63) is 42.2 Å². The number of hydrogen-bond donors (Lipinski definition) is 3. The number of rotatable bonds is 5. The highest BCUT2D eigenvalue weighted by Crippen LogP contribution is 2.23. The molecule has 1 amide bonds. The first-order valence-electron chi connectivity index (χ1n) is 9.96. The normalized spacial score (nSPS) is 19.7. The highest BCUT2D eigenvalue weighted by Gasteiger charge is 2.26. The molecule has 158 valence electrons. The van der Waals surface area contributed by atoms with Crippen molar-refractivity contribution in [1.82, 2.24) is 15.2 Å².